The minimum absolute atomic E-state index is 0.292. The van der Waals surface area contributed by atoms with Crippen LogP contribution in [0.25, 0.3) is 0 Å². The van der Waals surface area contributed by atoms with Crippen LogP contribution in [0.1, 0.15) is 18.9 Å². The minimum atomic E-state index is -3.21. The van der Waals surface area contributed by atoms with E-state index in [2.05, 4.69) is 4.90 Å². The summed E-state index contributed by atoms with van der Waals surface area (Å²) >= 11 is 0. The molecule has 0 bridgehead atoms. The number of benzene rings is 2. The Morgan fingerprint density at radius 3 is 2.59 bits per heavy atom. The first-order chi connectivity index (χ1) is 12.6. The Kier molecular flexibility index (Phi) is 5.55. The van der Waals surface area contributed by atoms with E-state index in [1.54, 1.807) is 43.3 Å². The molecule has 1 saturated heterocycles. The molecule has 1 fully saturated rings. The van der Waals surface area contributed by atoms with Crippen LogP contribution in [-0.2, 0) is 16.4 Å². The smallest absolute Gasteiger partial charge is 0.175 e. The highest BCUT2D eigenvalue weighted by atomic mass is 32.2. The Balaban J connectivity index is 1.69. The van der Waals surface area contributed by atoms with E-state index in [-0.39, 0.29) is 5.82 Å². The minimum Gasteiger partial charge on any atom is -0.486 e. The van der Waals surface area contributed by atoms with Crippen LogP contribution in [0.15, 0.2) is 53.4 Å². The molecule has 27 heavy (non-hydrogen) atoms. The lowest BCUT2D eigenvalue weighted by atomic mass is 9.90. The molecule has 0 amide bonds. The Morgan fingerprint density at radius 1 is 1.26 bits per heavy atom. The maximum absolute atomic E-state index is 13.4. The quantitative estimate of drug-likeness (QED) is 0.846. The van der Waals surface area contributed by atoms with Crippen molar-refractivity contribution in [2.45, 2.75) is 36.5 Å². The summed E-state index contributed by atoms with van der Waals surface area (Å²) in [7, 11) is -3.21. The van der Waals surface area contributed by atoms with Crippen LogP contribution in [0.2, 0.25) is 0 Å². The number of likely N-dealkylation sites (tertiary alicyclic amines) is 1. The number of ether oxygens (including phenoxy) is 1. The molecular weight excluding hydrogens is 369 g/mol. The molecular formula is C20H24FNO4S. The fraction of sp³-hybridized carbons (Fsp3) is 0.400. The van der Waals surface area contributed by atoms with Gasteiger partial charge in [0.05, 0.1) is 4.90 Å². The average Bonchev–Trinajstić information content (AvgIpc) is 2.58. The molecule has 1 aliphatic heterocycles. The Morgan fingerprint density at radius 2 is 1.96 bits per heavy atom. The van der Waals surface area contributed by atoms with Crippen LogP contribution in [-0.4, -0.2) is 49.5 Å². The Labute approximate surface area is 159 Å². The van der Waals surface area contributed by atoms with Crippen LogP contribution in [0.4, 0.5) is 4.39 Å². The van der Waals surface area contributed by atoms with Gasteiger partial charge in [0.15, 0.2) is 9.84 Å². The van der Waals surface area contributed by atoms with E-state index in [1.165, 1.54) is 18.4 Å². The average molecular weight is 393 g/mol. The second kappa shape index (κ2) is 7.58. The summed E-state index contributed by atoms with van der Waals surface area (Å²) in [5.74, 6) is 0.00500. The van der Waals surface area contributed by atoms with Gasteiger partial charge in [0, 0.05) is 32.0 Å². The second-order valence-electron chi connectivity index (χ2n) is 7.32. The standard InChI is InChI=1S/C20H24FNO4S/c1-20(23)10-11-22(13-15-6-8-18(9-7-15)27(2,24)25)14-19(20)26-17-5-3-4-16(21)12-17/h3-9,12,19,23H,10-11,13-14H2,1-2H3/t19-,20-/m0/s1. The number of hydrogen-bond donors (Lipinski definition) is 1. The molecule has 0 saturated carbocycles. The van der Waals surface area contributed by atoms with Crippen molar-refractivity contribution < 1.29 is 22.7 Å². The molecule has 2 aromatic rings. The first-order valence-electron chi connectivity index (χ1n) is 8.79. The molecule has 7 heteroatoms. The van der Waals surface area contributed by atoms with E-state index in [4.69, 9.17) is 4.74 Å². The number of sulfone groups is 1. The molecule has 1 N–H and O–H groups in total. The van der Waals surface area contributed by atoms with Gasteiger partial charge >= 0.3 is 0 Å². The van der Waals surface area contributed by atoms with E-state index in [9.17, 15) is 17.9 Å². The van der Waals surface area contributed by atoms with Crippen LogP contribution in [0.5, 0.6) is 5.75 Å². The monoisotopic (exact) mass is 393 g/mol. The number of rotatable bonds is 5. The van der Waals surface area contributed by atoms with E-state index < -0.39 is 21.5 Å². The molecule has 1 aliphatic rings. The maximum Gasteiger partial charge on any atom is 0.175 e. The summed E-state index contributed by atoms with van der Waals surface area (Å²) in [5.41, 5.74) is -0.0309. The predicted molar refractivity (Wildman–Crippen MR) is 101 cm³/mol. The van der Waals surface area contributed by atoms with Crippen molar-refractivity contribution in [1.29, 1.82) is 0 Å². The van der Waals surface area contributed by atoms with Gasteiger partial charge in [0.1, 0.15) is 23.3 Å². The van der Waals surface area contributed by atoms with Crippen LogP contribution < -0.4 is 4.74 Å². The van der Waals surface area contributed by atoms with Crippen molar-refractivity contribution in [3.63, 3.8) is 0 Å². The third-order valence-corrected chi connectivity index (χ3v) is 6.01. The van der Waals surface area contributed by atoms with Crippen molar-refractivity contribution >= 4 is 9.84 Å². The lowest BCUT2D eigenvalue weighted by Crippen LogP contribution is -2.56. The van der Waals surface area contributed by atoms with E-state index in [0.29, 0.717) is 36.7 Å². The van der Waals surface area contributed by atoms with E-state index in [1.807, 2.05) is 0 Å². The van der Waals surface area contributed by atoms with Crippen molar-refractivity contribution in [3.05, 3.63) is 59.9 Å². The van der Waals surface area contributed by atoms with Crippen LogP contribution in [0.3, 0.4) is 0 Å². The van der Waals surface area contributed by atoms with Crippen molar-refractivity contribution in [1.82, 2.24) is 4.90 Å². The molecule has 0 unspecified atom stereocenters. The first kappa shape index (κ1) is 19.8. The topological polar surface area (TPSA) is 66.8 Å². The van der Waals surface area contributed by atoms with Crippen LogP contribution >= 0.6 is 0 Å². The van der Waals surface area contributed by atoms with E-state index >= 15 is 0 Å². The molecule has 1 heterocycles. The van der Waals surface area contributed by atoms with Gasteiger partial charge in [-0.2, -0.15) is 0 Å². The maximum atomic E-state index is 13.4. The number of piperidine rings is 1. The van der Waals surface area contributed by atoms with Crippen molar-refractivity contribution in [2.75, 3.05) is 19.3 Å². The van der Waals surface area contributed by atoms with Gasteiger partial charge in [-0.1, -0.05) is 18.2 Å². The lowest BCUT2D eigenvalue weighted by molar-refractivity contribution is -0.0965. The largest absolute Gasteiger partial charge is 0.486 e. The first-order valence-corrected chi connectivity index (χ1v) is 10.7. The van der Waals surface area contributed by atoms with Gasteiger partial charge in [-0.25, -0.2) is 12.8 Å². The fourth-order valence-electron chi connectivity index (χ4n) is 3.18. The number of hydrogen-bond acceptors (Lipinski definition) is 5. The summed E-state index contributed by atoms with van der Waals surface area (Å²) in [6.07, 6.45) is 1.21. The van der Waals surface area contributed by atoms with Gasteiger partial charge in [-0.3, -0.25) is 4.90 Å². The zero-order chi connectivity index (χ0) is 19.7. The van der Waals surface area contributed by atoms with E-state index in [0.717, 1.165) is 5.56 Å². The zero-order valence-corrected chi connectivity index (χ0v) is 16.2. The predicted octanol–water partition coefficient (Wildman–Crippen LogP) is 2.63. The highest BCUT2D eigenvalue weighted by Gasteiger charge is 2.39. The molecule has 0 spiro atoms. The van der Waals surface area contributed by atoms with Crippen LogP contribution in [0, 0.1) is 5.82 Å². The van der Waals surface area contributed by atoms with Gasteiger partial charge in [-0.05, 0) is 43.2 Å². The highest BCUT2D eigenvalue weighted by Crippen LogP contribution is 2.28. The molecule has 0 aromatic heterocycles. The number of aliphatic hydroxyl groups is 1. The third-order valence-electron chi connectivity index (χ3n) is 4.88. The molecule has 2 aromatic carbocycles. The second-order valence-corrected chi connectivity index (χ2v) is 9.34. The lowest BCUT2D eigenvalue weighted by Gasteiger charge is -2.42. The summed E-state index contributed by atoms with van der Waals surface area (Å²) in [6, 6.07) is 12.7. The third kappa shape index (κ3) is 5.06. The molecule has 2 atom stereocenters. The van der Waals surface area contributed by atoms with Gasteiger partial charge in [-0.15, -0.1) is 0 Å². The number of nitrogens with zero attached hydrogens (tertiary/aromatic N) is 1. The normalized spacial score (nSPS) is 23.9. The summed E-state index contributed by atoms with van der Waals surface area (Å²) in [4.78, 5) is 2.43. The zero-order valence-electron chi connectivity index (χ0n) is 15.4. The fourth-order valence-corrected chi connectivity index (χ4v) is 3.81. The van der Waals surface area contributed by atoms with Gasteiger partial charge in [0.25, 0.3) is 0 Å². The van der Waals surface area contributed by atoms with Crippen molar-refractivity contribution in [2.24, 2.45) is 0 Å². The van der Waals surface area contributed by atoms with Crippen molar-refractivity contribution in [3.8, 4) is 5.75 Å². The Hall–Kier alpha value is -1.96. The molecule has 0 radical (unpaired) electrons. The summed E-state index contributed by atoms with van der Waals surface area (Å²) in [5, 5.41) is 10.7. The SMILES string of the molecule is C[C@]1(O)CCN(Cc2ccc(S(C)(=O)=O)cc2)C[C@@H]1Oc1cccc(F)c1. The molecule has 5 nitrogen and oxygen atoms in total. The highest BCUT2D eigenvalue weighted by molar-refractivity contribution is 7.90. The number of halogens is 1. The van der Waals surface area contributed by atoms with Gasteiger partial charge < -0.3 is 9.84 Å². The molecule has 3 rings (SSSR count). The summed E-state index contributed by atoms with van der Waals surface area (Å²) in [6.45, 7) is 3.51. The Bertz CT molecular complexity index is 896. The van der Waals surface area contributed by atoms with Gasteiger partial charge in [0.2, 0.25) is 0 Å². The molecule has 0 aliphatic carbocycles. The molecule has 146 valence electrons. The summed E-state index contributed by atoms with van der Waals surface area (Å²) < 4.78 is 42.4.